The number of rotatable bonds is 4. The maximum absolute atomic E-state index is 12.7. The Morgan fingerprint density at radius 3 is 2.59 bits per heavy atom. The van der Waals surface area contributed by atoms with Crippen LogP contribution in [0.25, 0.3) is 0 Å². The highest BCUT2D eigenvalue weighted by Gasteiger charge is 2.34. The normalized spacial score (nSPS) is 11.4. The first-order chi connectivity index (χ1) is 7.86. The number of halogens is 4. The maximum atomic E-state index is 12.7. The quantitative estimate of drug-likeness (QED) is 0.774. The summed E-state index contributed by atoms with van der Waals surface area (Å²) in [6, 6.07) is 3.71. The van der Waals surface area contributed by atoms with Crippen molar-refractivity contribution in [3.05, 3.63) is 40.9 Å². The number of para-hydroxylation sites is 1. The first-order valence-electron chi connectivity index (χ1n) is 5.12. The van der Waals surface area contributed by atoms with Gasteiger partial charge in [0.25, 0.3) is 0 Å². The summed E-state index contributed by atoms with van der Waals surface area (Å²) in [6.45, 7) is 5.89. The predicted octanol–water partition coefficient (Wildman–Crippen LogP) is 4.74. The number of hydrogen-bond acceptors (Lipinski definition) is 1. The Morgan fingerprint density at radius 2 is 2.06 bits per heavy atom. The van der Waals surface area contributed by atoms with Gasteiger partial charge in [0.15, 0.2) is 0 Å². The summed E-state index contributed by atoms with van der Waals surface area (Å²) in [4.78, 5) is 0. The minimum Gasteiger partial charge on any atom is -0.380 e. The Hall–Kier alpha value is -1.16. The molecule has 0 fully saturated rings. The van der Waals surface area contributed by atoms with Crippen molar-refractivity contribution in [1.29, 1.82) is 0 Å². The van der Waals surface area contributed by atoms with Crippen LogP contribution in [0.3, 0.4) is 0 Å². The van der Waals surface area contributed by atoms with Crippen LogP contribution in [0.15, 0.2) is 30.4 Å². The van der Waals surface area contributed by atoms with Gasteiger partial charge in [0, 0.05) is 6.54 Å². The van der Waals surface area contributed by atoms with Gasteiger partial charge in [0.1, 0.15) is 0 Å². The number of alkyl halides is 3. The standard InChI is InChI=1S/C12H13ClF3N/c1-3-8(2)7-17-11-9(12(14,15)16)5-4-6-10(11)13/h4-6,17H,2-3,7H2,1H3. The van der Waals surface area contributed by atoms with Gasteiger partial charge < -0.3 is 5.32 Å². The van der Waals surface area contributed by atoms with Gasteiger partial charge >= 0.3 is 6.18 Å². The molecule has 0 atom stereocenters. The highest BCUT2D eigenvalue weighted by Crippen LogP contribution is 2.38. The Labute approximate surface area is 103 Å². The minimum absolute atomic E-state index is 0.0590. The van der Waals surface area contributed by atoms with Crippen LogP contribution in [0.4, 0.5) is 18.9 Å². The molecule has 0 aliphatic rings. The third-order valence-corrected chi connectivity index (χ3v) is 2.65. The molecular formula is C12H13ClF3N. The zero-order chi connectivity index (χ0) is 13.1. The third-order valence-electron chi connectivity index (χ3n) is 2.33. The Balaban J connectivity index is 3.00. The van der Waals surface area contributed by atoms with Gasteiger partial charge in [-0.15, -0.1) is 0 Å². The fourth-order valence-corrected chi connectivity index (χ4v) is 1.52. The van der Waals surface area contributed by atoms with Crippen molar-refractivity contribution in [2.24, 2.45) is 0 Å². The lowest BCUT2D eigenvalue weighted by Crippen LogP contribution is -2.12. The molecule has 0 aromatic heterocycles. The van der Waals surface area contributed by atoms with Gasteiger partial charge in [-0.1, -0.05) is 36.7 Å². The SMILES string of the molecule is C=C(CC)CNc1c(Cl)cccc1C(F)(F)F. The molecule has 0 heterocycles. The summed E-state index contributed by atoms with van der Waals surface area (Å²) in [7, 11) is 0. The summed E-state index contributed by atoms with van der Waals surface area (Å²) in [5.41, 5.74) is -0.0248. The molecule has 1 rings (SSSR count). The molecule has 1 N–H and O–H groups in total. The molecule has 0 saturated heterocycles. The van der Waals surface area contributed by atoms with Crippen molar-refractivity contribution in [1.82, 2.24) is 0 Å². The van der Waals surface area contributed by atoms with E-state index in [-0.39, 0.29) is 17.3 Å². The molecule has 0 spiro atoms. The Morgan fingerprint density at radius 1 is 1.41 bits per heavy atom. The maximum Gasteiger partial charge on any atom is 0.418 e. The highest BCUT2D eigenvalue weighted by molar-refractivity contribution is 6.33. The van der Waals surface area contributed by atoms with Gasteiger partial charge in [-0.3, -0.25) is 0 Å². The molecule has 0 bridgehead atoms. The van der Waals surface area contributed by atoms with E-state index in [1.807, 2.05) is 6.92 Å². The van der Waals surface area contributed by atoms with Crippen molar-refractivity contribution in [3.63, 3.8) is 0 Å². The van der Waals surface area contributed by atoms with Crippen LogP contribution in [0.1, 0.15) is 18.9 Å². The molecule has 0 radical (unpaired) electrons. The molecule has 1 aromatic carbocycles. The molecule has 1 nitrogen and oxygen atoms in total. The first-order valence-corrected chi connectivity index (χ1v) is 5.50. The Kier molecular flexibility index (Phi) is 4.46. The lowest BCUT2D eigenvalue weighted by molar-refractivity contribution is -0.136. The third kappa shape index (κ3) is 3.66. The fourth-order valence-electron chi connectivity index (χ4n) is 1.28. The number of benzene rings is 1. The van der Waals surface area contributed by atoms with Gasteiger partial charge in [-0.05, 0) is 18.6 Å². The van der Waals surface area contributed by atoms with Crippen LogP contribution >= 0.6 is 11.6 Å². The van der Waals surface area contributed by atoms with E-state index in [0.717, 1.165) is 11.6 Å². The lowest BCUT2D eigenvalue weighted by atomic mass is 10.1. The fraction of sp³-hybridized carbons (Fsp3) is 0.333. The summed E-state index contributed by atoms with van der Waals surface area (Å²) < 4.78 is 38.1. The van der Waals surface area contributed by atoms with E-state index >= 15 is 0 Å². The van der Waals surface area contributed by atoms with Crippen LogP contribution in [-0.4, -0.2) is 6.54 Å². The molecule has 0 aliphatic carbocycles. The van der Waals surface area contributed by atoms with Crippen LogP contribution in [0.2, 0.25) is 5.02 Å². The van der Waals surface area contributed by atoms with Crippen molar-refractivity contribution in [3.8, 4) is 0 Å². The van der Waals surface area contributed by atoms with Crippen molar-refractivity contribution in [2.45, 2.75) is 19.5 Å². The monoisotopic (exact) mass is 263 g/mol. The van der Waals surface area contributed by atoms with Crippen LogP contribution < -0.4 is 5.32 Å². The molecule has 5 heteroatoms. The zero-order valence-electron chi connectivity index (χ0n) is 9.37. The molecule has 1 aromatic rings. The molecule has 0 unspecified atom stereocenters. The zero-order valence-corrected chi connectivity index (χ0v) is 10.1. The van der Waals surface area contributed by atoms with Crippen LogP contribution in [-0.2, 0) is 6.18 Å². The number of hydrogen-bond donors (Lipinski definition) is 1. The van der Waals surface area contributed by atoms with Crippen LogP contribution in [0.5, 0.6) is 0 Å². The van der Waals surface area contributed by atoms with Gasteiger partial charge in [-0.2, -0.15) is 13.2 Å². The molecule has 17 heavy (non-hydrogen) atoms. The highest BCUT2D eigenvalue weighted by atomic mass is 35.5. The molecule has 0 saturated carbocycles. The van der Waals surface area contributed by atoms with E-state index in [4.69, 9.17) is 11.6 Å². The molecule has 0 amide bonds. The van der Waals surface area contributed by atoms with Gasteiger partial charge in [-0.25, -0.2) is 0 Å². The lowest BCUT2D eigenvalue weighted by Gasteiger charge is -2.16. The van der Waals surface area contributed by atoms with E-state index < -0.39 is 11.7 Å². The van der Waals surface area contributed by atoms with Gasteiger partial charge in [0.05, 0.1) is 16.3 Å². The minimum atomic E-state index is -4.42. The smallest absolute Gasteiger partial charge is 0.380 e. The van der Waals surface area contributed by atoms with E-state index in [2.05, 4.69) is 11.9 Å². The average molecular weight is 264 g/mol. The Bertz CT molecular complexity index is 413. The summed E-state index contributed by atoms with van der Waals surface area (Å²) in [6.07, 6.45) is -3.71. The summed E-state index contributed by atoms with van der Waals surface area (Å²) in [5, 5.41) is 2.75. The summed E-state index contributed by atoms with van der Waals surface area (Å²) >= 11 is 5.77. The van der Waals surface area contributed by atoms with E-state index in [0.29, 0.717) is 6.42 Å². The second-order valence-corrected chi connectivity index (χ2v) is 4.02. The number of anilines is 1. The molecule has 0 aliphatic heterocycles. The van der Waals surface area contributed by atoms with Crippen molar-refractivity contribution < 1.29 is 13.2 Å². The second-order valence-electron chi connectivity index (χ2n) is 3.62. The summed E-state index contributed by atoms with van der Waals surface area (Å²) in [5.74, 6) is 0. The van der Waals surface area contributed by atoms with Gasteiger partial charge in [0.2, 0.25) is 0 Å². The van der Waals surface area contributed by atoms with Crippen molar-refractivity contribution >= 4 is 17.3 Å². The number of nitrogens with one attached hydrogen (secondary N) is 1. The topological polar surface area (TPSA) is 12.0 Å². The van der Waals surface area contributed by atoms with E-state index in [9.17, 15) is 13.2 Å². The van der Waals surface area contributed by atoms with E-state index in [1.165, 1.54) is 12.1 Å². The average Bonchev–Trinajstić information content (AvgIpc) is 2.25. The molecule has 94 valence electrons. The van der Waals surface area contributed by atoms with Crippen molar-refractivity contribution in [2.75, 3.05) is 11.9 Å². The second kappa shape index (κ2) is 5.45. The van der Waals surface area contributed by atoms with E-state index in [1.54, 1.807) is 0 Å². The largest absolute Gasteiger partial charge is 0.418 e. The predicted molar refractivity (Wildman–Crippen MR) is 64.4 cm³/mol. The van der Waals surface area contributed by atoms with Crippen LogP contribution in [0, 0.1) is 0 Å². The first kappa shape index (κ1) is 13.9. The molecular weight excluding hydrogens is 251 g/mol.